The topological polar surface area (TPSA) is 99.1 Å². The second kappa shape index (κ2) is 14.7. The van der Waals surface area contributed by atoms with Crippen LogP contribution in [0, 0.1) is 29.4 Å². The van der Waals surface area contributed by atoms with Crippen molar-refractivity contribution < 1.29 is 37.4 Å². The highest BCUT2D eigenvalue weighted by Gasteiger charge is 2.48. The Morgan fingerprint density at radius 2 is 1.73 bits per heavy atom. The number of piperidine rings is 1. The van der Waals surface area contributed by atoms with E-state index >= 15 is 0 Å². The van der Waals surface area contributed by atoms with Crippen molar-refractivity contribution in [1.82, 2.24) is 14.8 Å². The lowest BCUT2D eigenvalue weighted by Gasteiger charge is -2.46. The van der Waals surface area contributed by atoms with E-state index in [1.54, 1.807) is 34.6 Å². The number of nitrogens with one attached hydrogen (secondary N) is 1. The van der Waals surface area contributed by atoms with Crippen molar-refractivity contribution in [3.05, 3.63) is 70.9 Å². The average Bonchev–Trinajstić information content (AvgIpc) is 3.46. The van der Waals surface area contributed by atoms with Crippen LogP contribution < -0.4 is 5.32 Å². The van der Waals surface area contributed by atoms with E-state index in [2.05, 4.69) is 5.32 Å². The van der Waals surface area contributed by atoms with Crippen molar-refractivity contribution in [2.75, 3.05) is 33.0 Å². The zero-order valence-corrected chi connectivity index (χ0v) is 29.8. The maximum absolute atomic E-state index is 14.9. The number of halogens is 2. The minimum Gasteiger partial charge on any atom is -0.466 e. The minimum atomic E-state index is -1.01. The number of amides is 2. The molecule has 7 rings (SSSR count). The third-order valence-corrected chi connectivity index (χ3v) is 12.0. The average molecular weight is 706 g/mol. The van der Waals surface area contributed by atoms with Crippen LogP contribution in [0.3, 0.4) is 0 Å². The van der Waals surface area contributed by atoms with Gasteiger partial charge in [-0.15, -0.1) is 0 Å². The number of fused-ring (bicyclic) bond motifs is 3. The Morgan fingerprint density at radius 3 is 2.43 bits per heavy atom. The van der Waals surface area contributed by atoms with Gasteiger partial charge in [-0.2, -0.15) is 0 Å². The molecule has 274 valence electrons. The number of carbonyl (C=O) groups excluding carboxylic acids is 3. The summed E-state index contributed by atoms with van der Waals surface area (Å²) in [7, 11) is 0. The molecule has 0 radical (unpaired) electrons. The van der Waals surface area contributed by atoms with Gasteiger partial charge in [0.25, 0.3) is 0 Å². The maximum Gasteiger partial charge on any atom is 0.329 e. The lowest BCUT2D eigenvalue weighted by molar-refractivity contribution is -0.149. The Balaban J connectivity index is 1.17. The van der Waals surface area contributed by atoms with Gasteiger partial charge < -0.3 is 24.4 Å². The quantitative estimate of drug-likeness (QED) is 0.283. The Kier molecular flexibility index (Phi) is 10.2. The van der Waals surface area contributed by atoms with Crippen LogP contribution >= 0.6 is 0 Å². The van der Waals surface area contributed by atoms with E-state index in [4.69, 9.17) is 14.2 Å². The van der Waals surface area contributed by atoms with E-state index in [9.17, 15) is 23.2 Å². The highest BCUT2D eigenvalue weighted by Crippen LogP contribution is 2.45. The first-order chi connectivity index (χ1) is 24.6. The number of likely N-dealkylation sites (tertiary alicyclic amines) is 1. The van der Waals surface area contributed by atoms with Crippen molar-refractivity contribution in [2.45, 2.75) is 95.7 Å². The Bertz CT molecular complexity index is 1770. The summed E-state index contributed by atoms with van der Waals surface area (Å²) in [5.74, 6) is -1.03. The lowest BCUT2D eigenvalue weighted by Crippen LogP contribution is -2.58. The molecule has 1 N–H and O–H groups in total. The number of hydrogen-bond acceptors (Lipinski definition) is 6. The van der Waals surface area contributed by atoms with Crippen LogP contribution in [-0.4, -0.2) is 72.4 Å². The molecule has 3 aliphatic heterocycles. The molecule has 4 heterocycles. The summed E-state index contributed by atoms with van der Waals surface area (Å²) in [6.07, 6.45) is 4.60. The van der Waals surface area contributed by atoms with E-state index < -0.39 is 11.2 Å². The third kappa shape index (κ3) is 6.67. The van der Waals surface area contributed by atoms with Crippen LogP contribution in [0.4, 0.5) is 13.6 Å². The fraction of sp³-hybridized carbons (Fsp3) is 0.575. The van der Waals surface area contributed by atoms with Crippen LogP contribution in [0.25, 0.3) is 10.9 Å². The van der Waals surface area contributed by atoms with E-state index in [0.29, 0.717) is 76.0 Å². The molecule has 1 aliphatic carbocycles. The zero-order valence-electron chi connectivity index (χ0n) is 29.8. The first kappa shape index (κ1) is 35.6. The number of rotatable bonds is 6. The molecule has 6 atom stereocenters. The molecule has 1 saturated carbocycles. The number of aromatic nitrogens is 1. The molecule has 2 aromatic carbocycles. The third-order valence-electron chi connectivity index (χ3n) is 12.0. The molecule has 0 bridgehead atoms. The van der Waals surface area contributed by atoms with Gasteiger partial charge >= 0.3 is 12.0 Å². The van der Waals surface area contributed by atoms with E-state index in [1.807, 2.05) is 13.8 Å². The summed E-state index contributed by atoms with van der Waals surface area (Å²) >= 11 is 0. The molecular formula is C40H49F2N3O6. The fourth-order valence-corrected chi connectivity index (χ4v) is 9.30. The standard InChI is InChI=1S/C40H49F2N3O6/c1-4-50-37(46)27-5-12-32(24(2)21-27)43-38(47)40(28-6-8-29(41)9-7-28)16-17-44(25(3)23-40)39(48)45-33-15-20-51-36(26-13-18-49-19-14-26)35(33)31-11-10-30(42)22-34(31)45/h6-11,22,24-27,32,36H,4-5,12-21,23H2,1-3H3,(H,43,47)/t24-,25-,27-,32-,36?,40-/m0/s1. The van der Waals surface area contributed by atoms with Crippen LogP contribution in [0.1, 0.15) is 88.6 Å². The van der Waals surface area contributed by atoms with Crippen LogP contribution in [-0.2, 0) is 35.6 Å². The Labute approximate surface area is 298 Å². The number of nitrogens with zero attached hydrogens (tertiary/aromatic N) is 2. The van der Waals surface area contributed by atoms with Gasteiger partial charge in [0, 0.05) is 54.9 Å². The van der Waals surface area contributed by atoms with Gasteiger partial charge in [0.05, 0.1) is 36.2 Å². The molecule has 11 heteroatoms. The van der Waals surface area contributed by atoms with Crippen LogP contribution in [0.5, 0.6) is 0 Å². The molecule has 51 heavy (non-hydrogen) atoms. The summed E-state index contributed by atoms with van der Waals surface area (Å²) in [6.45, 7) is 8.20. The normalized spacial score (nSPS) is 28.6. The second-order valence-electron chi connectivity index (χ2n) is 15.0. The second-order valence-corrected chi connectivity index (χ2v) is 15.0. The molecule has 3 fully saturated rings. The van der Waals surface area contributed by atoms with Crippen molar-refractivity contribution in [2.24, 2.45) is 17.8 Å². The van der Waals surface area contributed by atoms with E-state index in [1.165, 1.54) is 24.3 Å². The molecule has 0 spiro atoms. The highest BCUT2D eigenvalue weighted by molar-refractivity contribution is 5.96. The summed E-state index contributed by atoms with van der Waals surface area (Å²) in [5.41, 5.74) is 2.05. The molecule has 4 aliphatic rings. The largest absolute Gasteiger partial charge is 0.466 e. The molecule has 2 saturated heterocycles. The SMILES string of the molecule is CCOC(=O)[C@H]1CC[C@H](NC(=O)[C@@]2(c3ccc(F)cc3)CCN(C(=O)n3c4c(c5ccc(F)cc53)C(C3CCOCC3)OCC4)[C@@H](C)C2)[C@@H](C)C1. The van der Waals surface area contributed by atoms with E-state index in [0.717, 1.165) is 29.5 Å². The fourth-order valence-electron chi connectivity index (χ4n) is 9.30. The zero-order chi connectivity index (χ0) is 35.9. The monoisotopic (exact) mass is 705 g/mol. The first-order valence-electron chi connectivity index (χ1n) is 18.7. The number of ether oxygens (including phenoxy) is 3. The van der Waals surface area contributed by atoms with E-state index in [-0.39, 0.29) is 66.2 Å². The van der Waals surface area contributed by atoms with Crippen molar-refractivity contribution >= 4 is 28.8 Å². The van der Waals surface area contributed by atoms with Gasteiger partial charge in [-0.25, -0.2) is 13.6 Å². The van der Waals surface area contributed by atoms with Gasteiger partial charge in [-0.05, 0) is 107 Å². The Morgan fingerprint density at radius 1 is 0.980 bits per heavy atom. The molecule has 9 nitrogen and oxygen atoms in total. The highest BCUT2D eigenvalue weighted by atomic mass is 19.1. The summed E-state index contributed by atoms with van der Waals surface area (Å²) < 4.78 is 48.0. The van der Waals surface area contributed by atoms with Gasteiger partial charge in [-0.3, -0.25) is 14.2 Å². The summed E-state index contributed by atoms with van der Waals surface area (Å²) in [6, 6.07) is 10.0. The Hall–Kier alpha value is -3.83. The predicted molar refractivity (Wildman–Crippen MR) is 187 cm³/mol. The lowest BCUT2D eigenvalue weighted by atomic mass is 9.69. The van der Waals surface area contributed by atoms with Gasteiger partial charge in [0.15, 0.2) is 0 Å². The predicted octanol–water partition coefficient (Wildman–Crippen LogP) is 6.83. The molecule has 3 aromatic rings. The number of hydrogen-bond donors (Lipinski definition) is 1. The molecule has 2 amide bonds. The molecule has 1 aromatic heterocycles. The van der Waals surface area contributed by atoms with Gasteiger partial charge in [-0.1, -0.05) is 19.1 Å². The first-order valence-corrected chi connectivity index (χ1v) is 18.7. The van der Waals surface area contributed by atoms with Gasteiger partial charge in [0.2, 0.25) is 5.91 Å². The van der Waals surface area contributed by atoms with Crippen LogP contribution in [0.2, 0.25) is 0 Å². The number of carbonyl (C=O) groups is 3. The smallest absolute Gasteiger partial charge is 0.329 e. The number of esters is 1. The summed E-state index contributed by atoms with van der Waals surface area (Å²) in [4.78, 5) is 43.5. The van der Waals surface area contributed by atoms with Gasteiger partial charge in [0.1, 0.15) is 11.6 Å². The summed E-state index contributed by atoms with van der Waals surface area (Å²) in [5, 5.41) is 4.15. The van der Waals surface area contributed by atoms with Crippen molar-refractivity contribution in [3.63, 3.8) is 0 Å². The number of benzene rings is 2. The van der Waals surface area contributed by atoms with Crippen molar-refractivity contribution in [1.29, 1.82) is 0 Å². The van der Waals surface area contributed by atoms with Crippen molar-refractivity contribution in [3.8, 4) is 0 Å². The molecule has 1 unspecified atom stereocenters. The minimum absolute atomic E-state index is 0.0593. The maximum atomic E-state index is 14.9. The van der Waals surface area contributed by atoms with Crippen LogP contribution in [0.15, 0.2) is 42.5 Å². The molecular weight excluding hydrogens is 656 g/mol.